The summed E-state index contributed by atoms with van der Waals surface area (Å²) in [6, 6.07) is 13.1. The molecule has 31 heteroatoms. The van der Waals surface area contributed by atoms with Crippen LogP contribution in [0.4, 0.5) is 22.7 Å². The summed E-state index contributed by atoms with van der Waals surface area (Å²) in [5, 5.41) is 41.9. The van der Waals surface area contributed by atoms with Crippen LogP contribution in [-0.2, 0) is 57.8 Å². The minimum absolute atomic E-state index is 0. The number of phenols is 1. The molecule has 2 heterocycles. The van der Waals surface area contributed by atoms with Gasteiger partial charge in [-0.2, -0.15) is 38.8 Å². The average molecular weight is 1030 g/mol. The smallest absolute Gasteiger partial charge is 0.870 e. The molecule has 331 valence electrons. The van der Waals surface area contributed by atoms with Crippen molar-refractivity contribution >= 4 is 86.4 Å². The number of aromatic amines is 2. The molecule has 0 fully saturated rings. The molecule has 0 saturated heterocycles. The Morgan fingerprint density at radius 2 is 0.905 bits per heavy atom. The Balaban J connectivity index is 0.000000272. The Kier molecular flexibility index (Phi) is 14.8. The first-order valence-corrected chi connectivity index (χ1v) is 22.7. The van der Waals surface area contributed by atoms with Gasteiger partial charge < -0.3 is 10.2 Å². The molecule has 6 rings (SSSR count). The molecular formula is C32H25Cl2CrN8O16S4+2. The molecule has 0 atom stereocenters. The zero-order valence-electron chi connectivity index (χ0n) is 31.1. The van der Waals surface area contributed by atoms with Crippen molar-refractivity contribution in [1.29, 1.82) is 0 Å². The van der Waals surface area contributed by atoms with E-state index in [9.17, 15) is 53.5 Å². The van der Waals surface area contributed by atoms with Crippen LogP contribution >= 0.6 is 23.2 Å². The Hall–Kier alpha value is -5.55. The van der Waals surface area contributed by atoms with Gasteiger partial charge in [-0.15, -0.1) is 15.3 Å². The second-order valence-corrected chi connectivity index (χ2v) is 18.8. The van der Waals surface area contributed by atoms with Crippen molar-refractivity contribution in [2.24, 2.45) is 20.5 Å². The van der Waals surface area contributed by atoms with Gasteiger partial charge in [0.2, 0.25) is 0 Å². The maximum Gasteiger partial charge on any atom is 3.00 e. The fourth-order valence-corrected chi connectivity index (χ4v) is 7.82. The predicted molar refractivity (Wildman–Crippen MR) is 214 cm³/mol. The number of nitrogens with zero attached hydrogens (tertiary/aromatic N) is 6. The summed E-state index contributed by atoms with van der Waals surface area (Å²) in [6.07, 6.45) is 0. The minimum atomic E-state index is -4.86. The summed E-state index contributed by atoms with van der Waals surface area (Å²) in [5.74, 6) is -2.07. The van der Waals surface area contributed by atoms with E-state index in [0.29, 0.717) is 0 Å². The van der Waals surface area contributed by atoms with E-state index in [4.69, 9.17) is 41.4 Å². The summed E-state index contributed by atoms with van der Waals surface area (Å²) in [5.41, 5.74) is -1.89. The van der Waals surface area contributed by atoms with Gasteiger partial charge in [-0.1, -0.05) is 29.0 Å². The van der Waals surface area contributed by atoms with Crippen LogP contribution in [0.25, 0.3) is 11.4 Å². The fourth-order valence-electron chi connectivity index (χ4n) is 5.07. The maximum atomic E-state index is 12.7. The Labute approximate surface area is 374 Å². The Morgan fingerprint density at radius 3 is 1.27 bits per heavy atom. The average Bonchev–Trinajstić information content (AvgIpc) is 3.62. The van der Waals surface area contributed by atoms with E-state index in [2.05, 4.69) is 30.7 Å². The molecule has 0 amide bonds. The molecule has 2 aromatic heterocycles. The van der Waals surface area contributed by atoms with Crippen molar-refractivity contribution in [3.63, 3.8) is 0 Å². The predicted octanol–water partition coefficient (Wildman–Crippen LogP) is 4.85. The standard InChI is InChI=1S/2C16H13ClN4O8S2.Cr/c2*1-8-14(19-18-12-6-9(17)7-13(15(12)22)31(27,28)29)16(23)21(20-8)10-2-4-11(5-3-10)30(24,25)26;/h2*2-7,20,22H,1H3,(H,24,25,26)(H,27,28,29);/q;;+3/p-1. The molecule has 1 radical (unpaired) electrons. The Bertz CT molecular complexity index is 3180. The third-order valence-electron chi connectivity index (χ3n) is 7.96. The van der Waals surface area contributed by atoms with Crippen molar-refractivity contribution in [2.45, 2.75) is 33.4 Å². The third-order valence-corrected chi connectivity index (χ3v) is 11.9. The van der Waals surface area contributed by atoms with Gasteiger partial charge in [0.15, 0.2) is 17.1 Å². The van der Waals surface area contributed by atoms with Gasteiger partial charge in [-0.3, -0.25) is 38.0 Å². The summed E-state index contributed by atoms with van der Waals surface area (Å²) >= 11 is 11.5. The topological polar surface area (TPSA) is 386 Å². The first-order chi connectivity index (χ1) is 28.6. The van der Waals surface area contributed by atoms with Gasteiger partial charge >= 0.3 is 17.4 Å². The van der Waals surface area contributed by atoms with E-state index in [1.54, 1.807) is 0 Å². The molecule has 24 nitrogen and oxygen atoms in total. The van der Waals surface area contributed by atoms with Crippen LogP contribution in [-0.4, -0.2) is 76.5 Å². The molecule has 0 spiro atoms. The van der Waals surface area contributed by atoms with Gasteiger partial charge in [-0.25, -0.2) is 9.36 Å². The second-order valence-electron chi connectivity index (χ2n) is 12.3. The minimum Gasteiger partial charge on any atom is -0.870 e. The van der Waals surface area contributed by atoms with Crippen molar-refractivity contribution in [3.8, 4) is 22.9 Å². The second kappa shape index (κ2) is 18.7. The largest absolute Gasteiger partial charge is 3.00 e. The van der Waals surface area contributed by atoms with Crippen LogP contribution in [0.15, 0.2) is 122 Å². The number of azo groups is 2. The monoisotopic (exact) mass is 1030 g/mol. The van der Waals surface area contributed by atoms with Crippen LogP contribution < -0.4 is 16.2 Å². The molecule has 0 aliphatic rings. The molecule has 7 N–H and O–H groups in total. The van der Waals surface area contributed by atoms with Crippen LogP contribution in [0.2, 0.25) is 10.0 Å². The molecular weight excluding hydrogens is 1000 g/mol. The molecule has 0 unspecified atom stereocenters. The zero-order valence-corrected chi connectivity index (χ0v) is 37.2. The molecule has 0 aliphatic heterocycles. The fraction of sp³-hybridized carbons (Fsp3) is 0.0625. The third kappa shape index (κ3) is 11.5. The molecule has 63 heavy (non-hydrogen) atoms. The van der Waals surface area contributed by atoms with Crippen LogP contribution in [0.1, 0.15) is 11.4 Å². The maximum absolute atomic E-state index is 12.7. The number of aromatic hydroxyl groups is 1. The van der Waals surface area contributed by atoms with Crippen LogP contribution in [0, 0.1) is 13.8 Å². The first kappa shape index (κ1) is 50.1. The van der Waals surface area contributed by atoms with Crippen LogP contribution in [0.3, 0.4) is 0 Å². The van der Waals surface area contributed by atoms with E-state index >= 15 is 0 Å². The number of nitrogens with one attached hydrogen (secondary N) is 2. The van der Waals surface area contributed by atoms with E-state index in [0.717, 1.165) is 57.9 Å². The number of hydrogen-bond acceptors (Lipinski definition) is 16. The number of benzene rings is 4. The number of aryl methyl sites for hydroxylation is 2. The van der Waals surface area contributed by atoms with E-state index in [-0.39, 0.29) is 71.3 Å². The van der Waals surface area contributed by atoms with Crippen molar-refractivity contribution in [3.05, 3.63) is 115 Å². The van der Waals surface area contributed by atoms with Gasteiger partial charge in [0.05, 0.1) is 43.1 Å². The van der Waals surface area contributed by atoms with E-state index in [1.165, 1.54) is 38.1 Å². The SMILES string of the molecule is Cc1[nH]n(-c2ccc(S(=O)(=O)O)cc2)c(=O)c1N=Nc1cc(Cl)cc(S(=O)(=O)O)c1O.Cc1[nH]n(-c2ccc(S(=O)(=O)O)cc2)c(=O)c1N=Nc1cc(Cl)cc(S(=O)(=O)O)c1[O-].[Cr+3]. The van der Waals surface area contributed by atoms with Crippen LogP contribution in [0.5, 0.6) is 11.5 Å². The molecule has 0 saturated carbocycles. The summed E-state index contributed by atoms with van der Waals surface area (Å²) in [6.45, 7) is 2.96. The van der Waals surface area contributed by atoms with Crippen molar-refractivity contribution in [1.82, 2.24) is 19.6 Å². The van der Waals surface area contributed by atoms with Gasteiger partial charge in [0, 0.05) is 10.0 Å². The number of halogens is 2. The zero-order chi connectivity index (χ0) is 46.3. The number of phenolic OH excluding ortho intramolecular Hbond substituents is 1. The molecule has 0 bridgehead atoms. The van der Waals surface area contributed by atoms with E-state index < -0.39 is 84.3 Å². The van der Waals surface area contributed by atoms with Gasteiger partial charge in [-0.05, 0) is 86.6 Å². The summed E-state index contributed by atoms with van der Waals surface area (Å²) in [7, 11) is -18.5. The molecule has 6 aromatic rings. The number of aromatic nitrogens is 4. The number of H-pyrrole nitrogens is 2. The summed E-state index contributed by atoms with van der Waals surface area (Å²) < 4.78 is 128. The quantitative estimate of drug-likeness (QED) is 0.0712. The molecule has 0 aliphatic carbocycles. The Morgan fingerprint density at radius 1 is 0.556 bits per heavy atom. The molecule has 4 aromatic carbocycles. The normalized spacial score (nSPS) is 12.3. The number of hydrogen-bond donors (Lipinski definition) is 7. The van der Waals surface area contributed by atoms with Gasteiger partial charge in [0.1, 0.15) is 10.6 Å². The van der Waals surface area contributed by atoms with Gasteiger partial charge in [0.25, 0.3) is 51.6 Å². The first-order valence-electron chi connectivity index (χ1n) is 16.2. The van der Waals surface area contributed by atoms with Crippen molar-refractivity contribution in [2.75, 3.05) is 0 Å². The van der Waals surface area contributed by atoms with Crippen molar-refractivity contribution < 1.29 is 79.5 Å². The summed E-state index contributed by atoms with van der Waals surface area (Å²) in [4.78, 5) is 22.7. The van der Waals surface area contributed by atoms with E-state index in [1.807, 2.05) is 0 Å². The number of rotatable bonds is 10.